The van der Waals surface area contributed by atoms with Crippen molar-refractivity contribution in [1.82, 2.24) is 10.6 Å². The quantitative estimate of drug-likeness (QED) is 0.417. The summed E-state index contributed by atoms with van der Waals surface area (Å²) in [6, 6.07) is 13.5. The highest BCUT2D eigenvalue weighted by molar-refractivity contribution is 5.90. The van der Waals surface area contributed by atoms with Crippen molar-refractivity contribution in [3.8, 4) is 5.75 Å². The van der Waals surface area contributed by atoms with Gasteiger partial charge in [0.1, 0.15) is 23.4 Å². The lowest BCUT2D eigenvalue weighted by atomic mass is 10.1. The number of nitrogens with one attached hydrogen (secondary N) is 2. The molecule has 9 nitrogen and oxygen atoms in total. The molecule has 0 spiro atoms. The van der Waals surface area contributed by atoms with Crippen LogP contribution in [-0.4, -0.2) is 54.0 Å². The van der Waals surface area contributed by atoms with Crippen molar-refractivity contribution in [2.24, 2.45) is 0 Å². The van der Waals surface area contributed by atoms with Crippen LogP contribution in [0.2, 0.25) is 0 Å². The Bertz CT molecular complexity index is 956. The van der Waals surface area contributed by atoms with Gasteiger partial charge in [0.25, 0.3) is 0 Å². The second kappa shape index (κ2) is 13.3. The van der Waals surface area contributed by atoms with Gasteiger partial charge in [-0.15, -0.1) is 0 Å². The van der Waals surface area contributed by atoms with Gasteiger partial charge in [-0.1, -0.05) is 42.5 Å². The number of carbonyl (C=O) groups is 3. The molecule has 0 aliphatic heterocycles. The predicted octanol–water partition coefficient (Wildman–Crippen LogP) is 3.09. The minimum absolute atomic E-state index is 0.0858. The number of hydrogen-bond acceptors (Lipinski definition) is 7. The lowest BCUT2D eigenvalue weighted by Gasteiger charge is -2.25. The van der Waals surface area contributed by atoms with E-state index in [0.717, 1.165) is 5.56 Å². The van der Waals surface area contributed by atoms with Gasteiger partial charge in [-0.05, 0) is 51.0 Å². The maximum Gasteiger partial charge on any atom is 0.408 e. The number of phenols is 1. The molecule has 0 heterocycles. The third-order valence-electron chi connectivity index (χ3n) is 4.67. The molecule has 3 N–H and O–H groups in total. The zero-order valence-corrected chi connectivity index (χ0v) is 20.6. The molecule has 0 saturated carbocycles. The Morgan fingerprint density at radius 2 is 1.57 bits per heavy atom. The fourth-order valence-corrected chi connectivity index (χ4v) is 3.08. The van der Waals surface area contributed by atoms with Gasteiger partial charge in [0.05, 0.1) is 19.8 Å². The predicted molar refractivity (Wildman–Crippen MR) is 130 cm³/mol. The van der Waals surface area contributed by atoms with E-state index in [9.17, 15) is 19.5 Å². The molecule has 2 atom stereocenters. The largest absolute Gasteiger partial charge is 0.508 e. The summed E-state index contributed by atoms with van der Waals surface area (Å²) >= 11 is 0. The summed E-state index contributed by atoms with van der Waals surface area (Å²) in [5.74, 6) is -1.15. The Balaban J connectivity index is 2.13. The number of esters is 1. The number of hydrogen-bond donors (Lipinski definition) is 3. The number of benzene rings is 2. The summed E-state index contributed by atoms with van der Waals surface area (Å²) < 4.78 is 16.1. The average molecular weight is 487 g/mol. The molecule has 0 saturated heterocycles. The summed E-state index contributed by atoms with van der Waals surface area (Å²) in [5.41, 5.74) is 0.848. The minimum Gasteiger partial charge on any atom is -0.508 e. The first kappa shape index (κ1) is 27.7. The smallest absolute Gasteiger partial charge is 0.408 e. The van der Waals surface area contributed by atoms with Gasteiger partial charge in [-0.2, -0.15) is 0 Å². The van der Waals surface area contributed by atoms with E-state index in [0.29, 0.717) is 5.56 Å². The molecule has 2 unspecified atom stereocenters. The molecular formula is C26H34N2O7. The number of rotatable bonds is 11. The van der Waals surface area contributed by atoms with Crippen LogP contribution in [0, 0.1) is 0 Å². The highest BCUT2D eigenvalue weighted by atomic mass is 16.6. The van der Waals surface area contributed by atoms with Gasteiger partial charge in [-0.25, -0.2) is 9.59 Å². The third kappa shape index (κ3) is 10.5. The molecule has 2 rings (SSSR count). The summed E-state index contributed by atoms with van der Waals surface area (Å²) in [7, 11) is 0. The van der Waals surface area contributed by atoms with Crippen LogP contribution in [0.5, 0.6) is 5.75 Å². The van der Waals surface area contributed by atoms with Crippen LogP contribution in [-0.2, 0) is 36.8 Å². The first-order valence-electron chi connectivity index (χ1n) is 11.4. The van der Waals surface area contributed by atoms with Crippen molar-refractivity contribution < 1.29 is 33.7 Å². The summed E-state index contributed by atoms with van der Waals surface area (Å²) in [5, 5.41) is 14.7. The molecule has 0 aliphatic rings. The van der Waals surface area contributed by atoms with Crippen molar-refractivity contribution in [2.75, 3.05) is 13.2 Å². The van der Waals surface area contributed by atoms with E-state index in [1.165, 1.54) is 12.1 Å². The van der Waals surface area contributed by atoms with Crippen molar-refractivity contribution in [2.45, 2.75) is 58.4 Å². The van der Waals surface area contributed by atoms with Gasteiger partial charge in [0.15, 0.2) is 0 Å². The van der Waals surface area contributed by atoms with Crippen molar-refractivity contribution >= 4 is 18.0 Å². The van der Waals surface area contributed by atoms with Crippen LogP contribution in [0.25, 0.3) is 0 Å². The Morgan fingerprint density at radius 1 is 0.914 bits per heavy atom. The molecule has 9 heteroatoms. The number of phenolic OH excluding ortho intramolecular Hbond substituents is 1. The zero-order valence-electron chi connectivity index (χ0n) is 20.6. The molecular weight excluding hydrogens is 452 g/mol. The lowest BCUT2D eigenvalue weighted by molar-refractivity contribution is -0.147. The Morgan fingerprint density at radius 3 is 2.17 bits per heavy atom. The second-order valence-corrected chi connectivity index (χ2v) is 8.88. The van der Waals surface area contributed by atoms with Crippen molar-refractivity contribution in [3.63, 3.8) is 0 Å². The highest BCUT2D eigenvalue weighted by Crippen LogP contribution is 2.13. The van der Waals surface area contributed by atoms with E-state index in [2.05, 4.69) is 10.6 Å². The zero-order chi connectivity index (χ0) is 25.8. The summed E-state index contributed by atoms with van der Waals surface area (Å²) in [4.78, 5) is 38.1. The molecule has 0 aliphatic carbocycles. The fourth-order valence-electron chi connectivity index (χ4n) is 3.08. The number of aromatic hydroxyl groups is 1. The van der Waals surface area contributed by atoms with Gasteiger partial charge >= 0.3 is 12.1 Å². The van der Waals surface area contributed by atoms with E-state index >= 15 is 0 Å². The minimum atomic E-state index is -1.12. The van der Waals surface area contributed by atoms with E-state index in [-0.39, 0.29) is 32.0 Å². The van der Waals surface area contributed by atoms with Crippen LogP contribution < -0.4 is 10.6 Å². The monoisotopic (exact) mass is 486 g/mol. The molecule has 2 aromatic carbocycles. The maximum absolute atomic E-state index is 13.1. The Labute approximate surface area is 205 Å². The molecule has 2 amide bonds. The lowest BCUT2D eigenvalue weighted by Crippen LogP contribution is -2.54. The molecule has 0 fully saturated rings. The average Bonchev–Trinajstić information content (AvgIpc) is 2.79. The van der Waals surface area contributed by atoms with E-state index in [1.807, 2.05) is 30.3 Å². The number of carbonyl (C=O) groups excluding carboxylic acids is 3. The summed E-state index contributed by atoms with van der Waals surface area (Å²) in [6.07, 6.45) is -0.651. The van der Waals surface area contributed by atoms with Crippen LogP contribution in [0.1, 0.15) is 38.8 Å². The first-order chi connectivity index (χ1) is 16.6. The highest BCUT2D eigenvalue weighted by Gasteiger charge is 2.29. The Kier molecular flexibility index (Phi) is 10.5. The van der Waals surface area contributed by atoms with Crippen molar-refractivity contribution in [1.29, 1.82) is 0 Å². The molecule has 0 bridgehead atoms. The van der Waals surface area contributed by atoms with Crippen LogP contribution >= 0.6 is 0 Å². The first-order valence-corrected chi connectivity index (χ1v) is 11.4. The topological polar surface area (TPSA) is 123 Å². The normalized spacial score (nSPS) is 12.8. The van der Waals surface area contributed by atoms with Gasteiger partial charge in [0.2, 0.25) is 5.91 Å². The number of amides is 2. The number of alkyl carbamates (subject to hydrolysis) is 1. The molecule has 0 aromatic heterocycles. The standard InChI is InChI=1S/C26H34N2O7/c1-5-34-24(31)21(15-18-11-13-20(29)14-12-18)27-23(30)22(28-25(32)35-26(2,3)4)17-33-16-19-9-7-6-8-10-19/h6-14,21-22,29H,5,15-17H2,1-4H3,(H,27,30)(H,28,32). The molecule has 2 aromatic rings. The van der Waals surface area contributed by atoms with Crippen LogP contribution in [0.15, 0.2) is 54.6 Å². The molecule has 0 radical (unpaired) electrons. The van der Waals surface area contributed by atoms with Crippen LogP contribution in [0.4, 0.5) is 4.79 Å². The van der Waals surface area contributed by atoms with Gasteiger partial charge < -0.3 is 30.0 Å². The fraction of sp³-hybridized carbons (Fsp3) is 0.423. The van der Waals surface area contributed by atoms with Gasteiger partial charge in [0, 0.05) is 6.42 Å². The Hall–Kier alpha value is -3.59. The maximum atomic E-state index is 13.1. The van der Waals surface area contributed by atoms with E-state index in [1.54, 1.807) is 39.8 Å². The SMILES string of the molecule is CCOC(=O)C(Cc1ccc(O)cc1)NC(=O)C(COCc1ccccc1)NC(=O)OC(C)(C)C. The van der Waals surface area contributed by atoms with Crippen LogP contribution in [0.3, 0.4) is 0 Å². The van der Waals surface area contributed by atoms with Crippen molar-refractivity contribution in [3.05, 3.63) is 65.7 Å². The van der Waals surface area contributed by atoms with Gasteiger partial charge in [-0.3, -0.25) is 4.79 Å². The second-order valence-electron chi connectivity index (χ2n) is 8.88. The summed E-state index contributed by atoms with van der Waals surface area (Å²) in [6.45, 7) is 7.03. The number of ether oxygens (including phenoxy) is 3. The van der Waals surface area contributed by atoms with E-state index < -0.39 is 35.7 Å². The molecule has 190 valence electrons. The molecule has 35 heavy (non-hydrogen) atoms. The third-order valence-corrected chi connectivity index (χ3v) is 4.67. The van der Waals surface area contributed by atoms with E-state index in [4.69, 9.17) is 14.2 Å².